The summed E-state index contributed by atoms with van der Waals surface area (Å²) >= 11 is 2.89. The molecular weight excluding hydrogens is 496 g/mol. The maximum atomic E-state index is 13.7. The molecule has 0 unspecified atom stereocenters. The van der Waals surface area contributed by atoms with Crippen LogP contribution in [0.3, 0.4) is 0 Å². The summed E-state index contributed by atoms with van der Waals surface area (Å²) < 4.78 is 5.67. The van der Waals surface area contributed by atoms with Crippen molar-refractivity contribution in [1.29, 1.82) is 0 Å². The lowest BCUT2D eigenvalue weighted by atomic mass is 9.68. The number of thiazole rings is 1. The number of nitrogens with one attached hydrogen (secondary N) is 1. The summed E-state index contributed by atoms with van der Waals surface area (Å²) in [6.07, 6.45) is 0.837. The zero-order valence-corrected chi connectivity index (χ0v) is 21.1. The van der Waals surface area contributed by atoms with Gasteiger partial charge in [0.2, 0.25) is 11.8 Å². The molecule has 7 atom stereocenters. The number of rotatable bonds is 4. The summed E-state index contributed by atoms with van der Waals surface area (Å²) in [4.78, 5) is 45.1. The van der Waals surface area contributed by atoms with Crippen molar-refractivity contribution in [3.63, 3.8) is 0 Å². The Labute approximate surface area is 215 Å². The fourth-order valence-corrected chi connectivity index (χ4v) is 10.1. The Kier molecular flexibility index (Phi) is 4.92. The second kappa shape index (κ2) is 7.98. The first-order valence-electron chi connectivity index (χ1n) is 12.3. The highest BCUT2D eigenvalue weighted by atomic mass is 32.2. The number of ether oxygens (including phenoxy) is 1. The quantitative estimate of drug-likeness (QED) is 0.500. The summed E-state index contributed by atoms with van der Waals surface area (Å²) in [6.45, 7) is 2.29. The number of benzene rings is 2. The number of para-hydroxylation sites is 1. The smallest absolute Gasteiger partial charge is 0.305 e. The fourth-order valence-electron chi connectivity index (χ4n) is 7.22. The normalized spacial score (nSPS) is 31.9. The minimum Gasteiger partial charge on any atom is -0.504 e. The van der Waals surface area contributed by atoms with E-state index in [9.17, 15) is 19.5 Å². The molecule has 9 heteroatoms. The number of phenols is 1. The number of aromatic nitrogens is 1. The van der Waals surface area contributed by atoms with Crippen molar-refractivity contribution in [2.24, 2.45) is 29.6 Å². The third-order valence-corrected chi connectivity index (χ3v) is 11.0. The van der Waals surface area contributed by atoms with Crippen LogP contribution in [0.5, 0.6) is 11.5 Å². The molecule has 2 amide bonds. The van der Waals surface area contributed by atoms with Gasteiger partial charge in [-0.1, -0.05) is 35.6 Å². The van der Waals surface area contributed by atoms with Crippen molar-refractivity contribution >= 4 is 40.6 Å². The summed E-state index contributed by atoms with van der Waals surface area (Å²) in [7, 11) is 0. The molecule has 0 radical (unpaired) electrons. The number of anilines is 1. The third kappa shape index (κ3) is 2.96. The van der Waals surface area contributed by atoms with Crippen LogP contribution in [0.1, 0.15) is 29.7 Å². The zero-order valence-electron chi connectivity index (χ0n) is 19.4. The molecule has 7 nitrogen and oxygen atoms in total. The van der Waals surface area contributed by atoms with Gasteiger partial charge in [-0.2, -0.15) is 0 Å². The van der Waals surface area contributed by atoms with Crippen LogP contribution in [0.2, 0.25) is 0 Å². The van der Waals surface area contributed by atoms with Crippen molar-refractivity contribution in [3.05, 3.63) is 68.6 Å². The predicted molar refractivity (Wildman–Crippen MR) is 137 cm³/mol. The average Bonchev–Trinajstić information content (AvgIpc) is 3.60. The molecule has 7 rings (SSSR count). The Bertz CT molecular complexity index is 1450. The van der Waals surface area contributed by atoms with Gasteiger partial charge in [-0.25, -0.2) is 0 Å². The van der Waals surface area contributed by atoms with E-state index in [1.54, 1.807) is 17.8 Å². The highest BCUT2D eigenvalue weighted by Crippen LogP contribution is 2.68. The van der Waals surface area contributed by atoms with E-state index in [1.807, 2.05) is 49.4 Å². The second-order valence-corrected chi connectivity index (χ2v) is 12.2. The molecule has 2 aliphatic heterocycles. The first kappa shape index (κ1) is 22.2. The first-order chi connectivity index (χ1) is 17.5. The SMILES string of the molecule is CCOc1cc([C@@H]2c3sc(=O)[nH]c3S[C@@H]3[C@H]4C[C@@H]([C@@H]5C(=O)N(c6ccccc6)C(=O)[C@@H]45)[C@H]23)ccc1O. The van der Waals surface area contributed by atoms with E-state index in [-0.39, 0.29) is 63.2 Å². The molecule has 3 heterocycles. The number of phenolic OH excluding ortho intramolecular Hbond substituents is 1. The number of H-pyrrole nitrogens is 1. The highest BCUT2D eigenvalue weighted by molar-refractivity contribution is 8.00. The van der Waals surface area contributed by atoms with Crippen LogP contribution in [-0.4, -0.2) is 33.8 Å². The van der Waals surface area contributed by atoms with Gasteiger partial charge in [-0.15, -0.1) is 11.8 Å². The van der Waals surface area contributed by atoms with Crippen molar-refractivity contribution in [1.82, 2.24) is 4.98 Å². The first-order valence-corrected chi connectivity index (χ1v) is 14.0. The number of thioether (sulfide) groups is 1. The minimum atomic E-state index is -0.340. The lowest BCUT2D eigenvalue weighted by molar-refractivity contribution is -0.123. The second-order valence-electron chi connectivity index (χ2n) is 9.97. The van der Waals surface area contributed by atoms with Gasteiger partial charge in [-0.05, 0) is 60.9 Å². The van der Waals surface area contributed by atoms with E-state index in [0.717, 1.165) is 21.9 Å². The van der Waals surface area contributed by atoms with E-state index in [1.165, 1.54) is 16.2 Å². The number of hydrogen-bond donors (Lipinski definition) is 2. The Balaban J connectivity index is 1.33. The molecule has 1 saturated heterocycles. The topological polar surface area (TPSA) is 99.7 Å². The Hall–Kier alpha value is -3.04. The van der Waals surface area contributed by atoms with Crippen molar-refractivity contribution in [2.45, 2.75) is 29.5 Å². The van der Waals surface area contributed by atoms with Crippen LogP contribution in [-0.2, 0) is 9.59 Å². The number of aromatic hydroxyl groups is 1. The molecule has 2 N–H and O–H groups in total. The Morgan fingerprint density at radius 2 is 1.81 bits per heavy atom. The minimum absolute atomic E-state index is 0.0439. The van der Waals surface area contributed by atoms with E-state index < -0.39 is 0 Å². The van der Waals surface area contributed by atoms with Crippen LogP contribution in [0.15, 0.2) is 58.4 Å². The van der Waals surface area contributed by atoms with Crippen LogP contribution < -0.4 is 14.5 Å². The molecule has 184 valence electrons. The van der Waals surface area contributed by atoms with Gasteiger partial charge < -0.3 is 14.8 Å². The molecule has 1 aromatic heterocycles. The van der Waals surface area contributed by atoms with Gasteiger partial charge in [0.05, 0.1) is 29.2 Å². The summed E-state index contributed by atoms with van der Waals surface area (Å²) in [6, 6.07) is 14.6. The molecule has 2 saturated carbocycles. The van der Waals surface area contributed by atoms with Gasteiger partial charge in [0.25, 0.3) is 0 Å². The molecule has 2 bridgehead atoms. The number of carbonyl (C=O) groups is 2. The number of imide groups is 1. The maximum Gasteiger partial charge on any atom is 0.305 e. The lowest BCUT2D eigenvalue weighted by Gasteiger charge is -2.43. The van der Waals surface area contributed by atoms with Crippen molar-refractivity contribution in [2.75, 3.05) is 11.5 Å². The van der Waals surface area contributed by atoms with Crippen LogP contribution >= 0.6 is 23.1 Å². The van der Waals surface area contributed by atoms with Gasteiger partial charge >= 0.3 is 4.87 Å². The number of nitrogens with zero attached hydrogens (tertiary/aromatic N) is 1. The maximum absolute atomic E-state index is 13.7. The monoisotopic (exact) mass is 520 g/mol. The third-order valence-electron chi connectivity index (χ3n) is 8.38. The van der Waals surface area contributed by atoms with Crippen LogP contribution in [0.25, 0.3) is 0 Å². The molecule has 36 heavy (non-hydrogen) atoms. The largest absolute Gasteiger partial charge is 0.504 e. The molecule has 2 aromatic carbocycles. The lowest BCUT2D eigenvalue weighted by Crippen LogP contribution is -2.42. The number of amides is 2. The van der Waals surface area contributed by atoms with E-state index in [0.29, 0.717) is 18.0 Å². The molecule has 2 aliphatic carbocycles. The van der Waals surface area contributed by atoms with Crippen LogP contribution in [0, 0.1) is 29.6 Å². The van der Waals surface area contributed by atoms with E-state index in [2.05, 4.69) is 4.98 Å². The number of carbonyl (C=O) groups excluding carboxylic acids is 2. The van der Waals surface area contributed by atoms with Gasteiger partial charge in [0, 0.05) is 16.0 Å². The summed E-state index contributed by atoms with van der Waals surface area (Å²) in [5.74, 6) is -0.246. The number of hydrogen-bond acceptors (Lipinski definition) is 7. The van der Waals surface area contributed by atoms with Crippen molar-refractivity contribution in [3.8, 4) is 11.5 Å². The molecular formula is C27H24N2O5S2. The zero-order chi connectivity index (χ0) is 24.7. The van der Waals surface area contributed by atoms with E-state index >= 15 is 0 Å². The van der Waals surface area contributed by atoms with E-state index in [4.69, 9.17) is 4.74 Å². The Morgan fingerprint density at radius 1 is 1.06 bits per heavy atom. The molecule has 0 spiro atoms. The number of aromatic amines is 1. The predicted octanol–water partition coefficient (Wildman–Crippen LogP) is 4.22. The summed E-state index contributed by atoms with van der Waals surface area (Å²) in [5.41, 5.74) is 1.60. The molecule has 3 aromatic rings. The number of fused-ring (bicyclic) bond motifs is 9. The van der Waals surface area contributed by atoms with Gasteiger partial charge in [0.15, 0.2) is 11.5 Å². The average molecular weight is 521 g/mol. The van der Waals surface area contributed by atoms with Gasteiger partial charge in [-0.3, -0.25) is 19.3 Å². The van der Waals surface area contributed by atoms with Crippen molar-refractivity contribution < 1.29 is 19.4 Å². The van der Waals surface area contributed by atoms with Crippen LogP contribution in [0.4, 0.5) is 5.69 Å². The van der Waals surface area contributed by atoms with Gasteiger partial charge in [0.1, 0.15) is 0 Å². The Morgan fingerprint density at radius 3 is 2.56 bits per heavy atom. The highest BCUT2D eigenvalue weighted by Gasteiger charge is 2.69. The fraction of sp³-hybridized carbons (Fsp3) is 0.370. The molecule has 4 aliphatic rings. The molecule has 3 fully saturated rings. The summed E-state index contributed by atoms with van der Waals surface area (Å²) in [5, 5.41) is 11.3. The standard InChI is InChI=1S/C27H24N2O5S2/c1-2-34-17-10-12(8-9-16(17)30)18-19-14-11-15(22(19)35-24-23(18)36-27(33)28-24)21-20(14)25(31)29(26(21)32)13-6-4-3-5-7-13/h3-10,14-15,18-22,30H,2,11H2,1H3,(H,28,33)/t14-,15+,18+,19-,20+,21+,22-/m1/s1.